The van der Waals surface area contributed by atoms with Crippen LogP contribution in [0.3, 0.4) is 0 Å². The van der Waals surface area contributed by atoms with E-state index in [2.05, 4.69) is 5.32 Å². The fraction of sp³-hybridized carbons (Fsp3) is 0.417. The quantitative estimate of drug-likeness (QED) is 0.802. The molecule has 1 amide bonds. The van der Waals surface area contributed by atoms with Crippen molar-refractivity contribution < 1.29 is 26.4 Å². The van der Waals surface area contributed by atoms with Crippen LogP contribution < -0.4 is 11.1 Å². The molecule has 1 aromatic carbocycles. The van der Waals surface area contributed by atoms with Crippen LogP contribution in [-0.2, 0) is 16.0 Å². The average molecular weight is 324 g/mol. The van der Waals surface area contributed by atoms with Gasteiger partial charge in [0.2, 0.25) is 0 Å². The molecule has 1 aromatic rings. The molecule has 118 valence electrons. The summed E-state index contributed by atoms with van der Waals surface area (Å²) in [5, 5.41) is 2.24. The standard InChI is InChI=1S/C12H15F3N2O3S/c1-2-21(19,20)6-5-17-11(18)9-7-8(12(13,14)15)3-4-10(9)16/h3-4,7H,2,5-6,16H2,1H3,(H,17,18). The number of nitrogen functional groups attached to an aromatic ring is 1. The molecule has 0 heterocycles. The zero-order valence-corrected chi connectivity index (χ0v) is 12.0. The monoisotopic (exact) mass is 324 g/mol. The van der Waals surface area contributed by atoms with E-state index >= 15 is 0 Å². The van der Waals surface area contributed by atoms with Gasteiger partial charge in [0, 0.05) is 18.0 Å². The predicted octanol–water partition coefficient (Wildman–Crippen LogP) is 1.45. The van der Waals surface area contributed by atoms with Crippen LogP contribution in [-0.4, -0.2) is 32.4 Å². The summed E-state index contributed by atoms with van der Waals surface area (Å²) in [6.07, 6.45) is -4.59. The Labute approximate surface area is 120 Å². The largest absolute Gasteiger partial charge is 0.416 e. The molecule has 0 radical (unpaired) electrons. The second-order valence-corrected chi connectivity index (χ2v) is 6.76. The van der Waals surface area contributed by atoms with Crippen LogP contribution in [0.4, 0.5) is 18.9 Å². The minimum absolute atomic E-state index is 0.0748. The predicted molar refractivity (Wildman–Crippen MR) is 72.5 cm³/mol. The van der Waals surface area contributed by atoms with Crippen molar-refractivity contribution in [2.24, 2.45) is 0 Å². The smallest absolute Gasteiger partial charge is 0.398 e. The van der Waals surface area contributed by atoms with Gasteiger partial charge in [-0.3, -0.25) is 4.79 Å². The van der Waals surface area contributed by atoms with Gasteiger partial charge in [-0.05, 0) is 18.2 Å². The van der Waals surface area contributed by atoms with Gasteiger partial charge in [0.05, 0.1) is 16.9 Å². The summed E-state index contributed by atoms with van der Waals surface area (Å²) >= 11 is 0. The second-order valence-electron chi connectivity index (χ2n) is 4.29. The van der Waals surface area contributed by atoms with Crippen LogP contribution in [0.2, 0.25) is 0 Å². The Morgan fingerprint density at radius 1 is 1.33 bits per heavy atom. The van der Waals surface area contributed by atoms with Crippen LogP contribution in [0.5, 0.6) is 0 Å². The lowest BCUT2D eigenvalue weighted by Crippen LogP contribution is -2.30. The van der Waals surface area contributed by atoms with Crippen LogP contribution in [0.1, 0.15) is 22.8 Å². The molecular weight excluding hydrogens is 309 g/mol. The number of amides is 1. The van der Waals surface area contributed by atoms with Gasteiger partial charge in [-0.25, -0.2) is 8.42 Å². The van der Waals surface area contributed by atoms with E-state index < -0.39 is 27.5 Å². The fourth-order valence-corrected chi connectivity index (χ4v) is 2.19. The molecule has 0 spiro atoms. The summed E-state index contributed by atoms with van der Waals surface area (Å²) in [5.74, 6) is -1.20. The number of carbonyl (C=O) groups is 1. The lowest BCUT2D eigenvalue weighted by molar-refractivity contribution is -0.137. The van der Waals surface area contributed by atoms with Gasteiger partial charge in [-0.1, -0.05) is 6.92 Å². The first kappa shape index (κ1) is 17.3. The van der Waals surface area contributed by atoms with Crippen molar-refractivity contribution in [1.29, 1.82) is 0 Å². The molecule has 0 aliphatic carbocycles. The van der Waals surface area contributed by atoms with E-state index in [0.717, 1.165) is 12.1 Å². The van der Waals surface area contributed by atoms with E-state index in [1.165, 1.54) is 6.92 Å². The van der Waals surface area contributed by atoms with Crippen molar-refractivity contribution in [2.75, 3.05) is 23.8 Å². The average Bonchev–Trinajstić information content (AvgIpc) is 2.37. The fourth-order valence-electron chi connectivity index (χ4n) is 1.49. The highest BCUT2D eigenvalue weighted by Gasteiger charge is 2.31. The van der Waals surface area contributed by atoms with Crippen LogP contribution >= 0.6 is 0 Å². The van der Waals surface area contributed by atoms with Gasteiger partial charge >= 0.3 is 6.18 Å². The minimum atomic E-state index is -4.59. The molecule has 0 aromatic heterocycles. The van der Waals surface area contributed by atoms with Gasteiger partial charge in [-0.2, -0.15) is 13.2 Å². The summed E-state index contributed by atoms with van der Waals surface area (Å²) in [4.78, 5) is 11.8. The lowest BCUT2D eigenvalue weighted by atomic mass is 10.1. The Balaban J connectivity index is 2.83. The molecule has 0 unspecified atom stereocenters. The molecule has 0 saturated heterocycles. The summed E-state index contributed by atoms with van der Waals surface area (Å²) in [7, 11) is -3.26. The van der Waals surface area contributed by atoms with Gasteiger partial charge in [-0.15, -0.1) is 0 Å². The number of hydrogen-bond acceptors (Lipinski definition) is 4. The van der Waals surface area contributed by atoms with Gasteiger partial charge in [0.15, 0.2) is 9.84 Å². The Morgan fingerprint density at radius 3 is 2.48 bits per heavy atom. The Kier molecular flexibility index (Phi) is 5.21. The number of nitrogens with one attached hydrogen (secondary N) is 1. The summed E-state index contributed by atoms with van der Waals surface area (Å²) < 4.78 is 60.2. The van der Waals surface area contributed by atoms with Crippen molar-refractivity contribution in [2.45, 2.75) is 13.1 Å². The number of halogens is 3. The molecule has 0 bridgehead atoms. The van der Waals surface area contributed by atoms with Gasteiger partial charge in [0.25, 0.3) is 5.91 Å². The number of nitrogens with two attached hydrogens (primary N) is 1. The maximum absolute atomic E-state index is 12.6. The summed E-state index contributed by atoms with van der Waals surface area (Å²) in [6, 6.07) is 2.40. The van der Waals surface area contributed by atoms with Crippen molar-refractivity contribution in [1.82, 2.24) is 5.32 Å². The van der Waals surface area contributed by atoms with Gasteiger partial charge in [0.1, 0.15) is 0 Å². The summed E-state index contributed by atoms with van der Waals surface area (Å²) in [6.45, 7) is 1.27. The molecule has 0 atom stereocenters. The number of sulfone groups is 1. The zero-order valence-electron chi connectivity index (χ0n) is 11.2. The molecule has 5 nitrogen and oxygen atoms in total. The number of hydrogen-bond donors (Lipinski definition) is 2. The van der Waals surface area contributed by atoms with Crippen molar-refractivity contribution in [3.63, 3.8) is 0 Å². The molecule has 9 heteroatoms. The van der Waals surface area contributed by atoms with E-state index in [-0.39, 0.29) is 29.3 Å². The third-order valence-corrected chi connectivity index (χ3v) is 4.47. The van der Waals surface area contributed by atoms with E-state index in [4.69, 9.17) is 5.73 Å². The normalized spacial score (nSPS) is 12.2. The summed E-state index contributed by atoms with van der Waals surface area (Å²) in [5.41, 5.74) is 4.03. The van der Waals surface area contributed by atoms with Gasteiger partial charge < -0.3 is 11.1 Å². The molecule has 0 aliphatic heterocycles. The zero-order chi connectivity index (χ0) is 16.3. The third-order valence-electron chi connectivity index (χ3n) is 2.76. The SMILES string of the molecule is CCS(=O)(=O)CCNC(=O)c1cc(C(F)(F)F)ccc1N. The molecule has 21 heavy (non-hydrogen) atoms. The molecule has 0 saturated carbocycles. The Morgan fingerprint density at radius 2 is 1.95 bits per heavy atom. The maximum atomic E-state index is 12.6. The van der Waals surface area contributed by atoms with Crippen molar-refractivity contribution in [3.8, 4) is 0 Å². The van der Waals surface area contributed by atoms with E-state index in [1.807, 2.05) is 0 Å². The third kappa shape index (κ3) is 4.92. The molecule has 3 N–H and O–H groups in total. The lowest BCUT2D eigenvalue weighted by Gasteiger charge is -2.11. The number of benzene rings is 1. The molecule has 0 fully saturated rings. The highest BCUT2D eigenvalue weighted by atomic mass is 32.2. The van der Waals surface area contributed by atoms with Crippen LogP contribution in [0, 0.1) is 0 Å². The Bertz CT molecular complexity index is 627. The first-order valence-corrected chi connectivity index (χ1v) is 7.84. The maximum Gasteiger partial charge on any atom is 0.416 e. The number of carbonyl (C=O) groups excluding carboxylic acids is 1. The number of rotatable bonds is 5. The second kappa shape index (κ2) is 6.33. The molecule has 0 aliphatic rings. The molecular formula is C12H15F3N2O3S. The first-order valence-electron chi connectivity index (χ1n) is 6.02. The number of alkyl halides is 3. The van der Waals surface area contributed by atoms with Crippen LogP contribution in [0.15, 0.2) is 18.2 Å². The minimum Gasteiger partial charge on any atom is -0.398 e. The highest BCUT2D eigenvalue weighted by molar-refractivity contribution is 7.91. The van der Waals surface area contributed by atoms with E-state index in [1.54, 1.807) is 0 Å². The molecule has 1 rings (SSSR count). The van der Waals surface area contributed by atoms with Crippen molar-refractivity contribution in [3.05, 3.63) is 29.3 Å². The van der Waals surface area contributed by atoms with E-state index in [9.17, 15) is 26.4 Å². The van der Waals surface area contributed by atoms with E-state index in [0.29, 0.717) is 6.07 Å². The Hall–Kier alpha value is -1.77. The number of anilines is 1. The van der Waals surface area contributed by atoms with Crippen molar-refractivity contribution >= 4 is 21.4 Å². The highest BCUT2D eigenvalue weighted by Crippen LogP contribution is 2.31. The topological polar surface area (TPSA) is 89.3 Å². The van der Waals surface area contributed by atoms with Crippen LogP contribution in [0.25, 0.3) is 0 Å². The first-order chi connectivity index (χ1) is 9.57.